The van der Waals surface area contributed by atoms with Crippen LogP contribution >= 0.6 is 0 Å². The molecule has 19 heavy (non-hydrogen) atoms. The summed E-state index contributed by atoms with van der Waals surface area (Å²) in [6.07, 6.45) is 4.47. The Kier molecular flexibility index (Phi) is 5.78. The largest absolute Gasteiger partial charge is 0.389 e. The highest BCUT2D eigenvalue weighted by molar-refractivity contribution is 7.90. The van der Waals surface area contributed by atoms with Gasteiger partial charge < -0.3 is 5.11 Å². The van der Waals surface area contributed by atoms with Crippen LogP contribution in [0.25, 0.3) is 0 Å². The van der Waals surface area contributed by atoms with Crippen molar-refractivity contribution in [1.29, 1.82) is 5.26 Å². The summed E-state index contributed by atoms with van der Waals surface area (Å²) in [5.41, 5.74) is -0.952. The lowest BCUT2D eigenvalue weighted by molar-refractivity contribution is -0.00445. The Balaban J connectivity index is 2.55. The molecule has 0 bridgehead atoms. The highest BCUT2D eigenvalue weighted by atomic mass is 32.2. The summed E-state index contributed by atoms with van der Waals surface area (Å²) in [5.74, 6) is 0.638. The van der Waals surface area contributed by atoms with Crippen LogP contribution < -0.4 is 4.72 Å². The Labute approximate surface area is 116 Å². The van der Waals surface area contributed by atoms with Crippen molar-refractivity contribution in [3.05, 3.63) is 0 Å². The number of aliphatic hydroxyl groups is 1. The fourth-order valence-electron chi connectivity index (χ4n) is 2.52. The van der Waals surface area contributed by atoms with Crippen molar-refractivity contribution >= 4 is 10.0 Å². The van der Waals surface area contributed by atoms with E-state index in [2.05, 4.69) is 11.6 Å². The molecule has 0 aliphatic heterocycles. The molecule has 6 heteroatoms. The van der Waals surface area contributed by atoms with E-state index < -0.39 is 20.9 Å². The monoisotopic (exact) mass is 288 g/mol. The van der Waals surface area contributed by atoms with Gasteiger partial charge in [-0.2, -0.15) is 5.26 Å². The van der Waals surface area contributed by atoms with Crippen LogP contribution in [0.4, 0.5) is 0 Å². The van der Waals surface area contributed by atoms with E-state index in [9.17, 15) is 13.5 Å². The lowest BCUT2D eigenvalue weighted by atomic mass is 9.78. The molecular weight excluding hydrogens is 264 g/mol. The topological polar surface area (TPSA) is 90.2 Å². The first-order valence-electron chi connectivity index (χ1n) is 6.97. The smallest absolute Gasteiger partial charge is 0.228 e. The maximum Gasteiger partial charge on any atom is 0.228 e. The average Bonchev–Trinajstić information content (AvgIpc) is 2.39. The minimum absolute atomic E-state index is 0.0178. The zero-order valence-electron chi connectivity index (χ0n) is 11.7. The molecule has 1 aliphatic rings. The Morgan fingerprint density at radius 1 is 1.42 bits per heavy atom. The third-order valence-electron chi connectivity index (χ3n) is 4.10. The molecule has 0 aromatic heterocycles. The van der Waals surface area contributed by atoms with Crippen molar-refractivity contribution in [1.82, 2.24) is 4.72 Å². The standard InChI is InChI=1S/C13H24N2O3S/c1-3-11-5-7-13(16,8-6-11)10-15-19(17,18)12(4-2)9-14/h11-12,15-16H,3-8,10H2,1-2H3. The van der Waals surface area contributed by atoms with Crippen LogP contribution in [0.3, 0.4) is 0 Å². The highest BCUT2D eigenvalue weighted by Gasteiger charge is 2.34. The number of nitriles is 1. The summed E-state index contributed by atoms with van der Waals surface area (Å²) in [6, 6.07) is 1.78. The molecule has 0 amide bonds. The molecule has 1 unspecified atom stereocenters. The fraction of sp³-hybridized carbons (Fsp3) is 0.923. The first kappa shape index (κ1) is 16.4. The Hall–Kier alpha value is -0.640. The molecule has 1 atom stereocenters. The van der Waals surface area contributed by atoms with Crippen LogP contribution in [0.5, 0.6) is 0 Å². The van der Waals surface area contributed by atoms with Gasteiger partial charge in [0.1, 0.15) is 0 Å². The quantitative estimate of drug-likeness (QED) is 0.775. The molecule has 110 valence electrons. The van der Waals surface area contributed by atoms with Gasteiger partial charge in [0.25, 0.3) is 0 Å². The first-order chi connectivity index (χ1) is 8.87. The summed E-state index contributed by atoms with van der Waals surface area (Å²) < 4.78 is 26.1. The number of hydrogen-bond acceptors (Lipinski definition) is 4. The molecule has 2 N–H and O–H groups in total. The van der Waals surface area contributed by atoms with Crippen molar-refractivity contribution < 1.29 is 13.5 Å². The van der Waals surface area contributed by atoms with Crippen LogP contribution in [0.1, 0.15) is 52.4 Å². The van der Waals surface area contributed by atoms with Crippen molar-refractivity contribution in [3.8, 4) is 6.07 Å². The van der Waals surface area contributed by atoms with Gasteiger partial charge in [0.15, 0.2) is 5.25 Å². The predicted octanol–water partition coefficient (Wildman–Crippen LogP) is 1.54. The summed E-state index contributed by atoms with van der Waals surface area (Å²) in [7, 11) is -3.65. The lowest BCUT2D eigenvalue weighted by Gasteiger charge is -2.35. The van der Waals surface area contributed by atoms with Gasteiger partial charge in [-0.25, -0.2) is 13.1 Å². The molecule has 0 heterocycles. The van der Waals surface area contributed by atoms with Crippen molar-refractivity contribution in [3.63, 3.8) is 0 Å². The molecule has 0 radical (unpaired) electrons. The molecule has 1 aliphatic carbocycles. The van der Waals surface area contributed by atoms with Gasteiger partial charge in [0.2, 0.25) is 10.0 Å². The number of hydrogen-bond donors (Lipinski definition) is 2. The van der Waals surface area contributed by atoms with Gasteiger partial charge in [0.05, 0.1) is 11.7 Å². The molecule has 1 saturated carbocycles. The normalized spacial score (nSPS) is 29.7. The zero-order chi connectivity index (χ0) is 14.5. The molecular formula is C13H24N2O3S. The van der Waals surface area contributed by atoms with Crippen LogP contribution in [0.2, 0.25) is 0 Å². The summed E-state index contributed by atoms with van der Waals surface area (Å²) >= 11 is 0. The van der Waals surface area contributed by atoms with Gasteiger partial charge in [-0.1, -0.05) is 20.3 Å². The summed E-state index contributed by atoms with van der Waals surface area (Å²) in [4.78, 5) is 0. The van der Waals surface area contributed by atoms with Gasteiger partial charge in [-0.05, 0) is 38.0 Å². The van der Waals surface area contributed by atoms with Gasteiger partial charge in [-0.15, -0.1) is 0 Å². The van der Waals surface area contributed by atoms with E-state index in [1.54, 1.807) is 13.0 Å². The third-order valence-corrected chi connectivity index (χ3v) is 5.84. The maximum atomic E-state index is 11.9. The predicted molar refractivity (Wildman–Crippen MR) is 73.8 cm³/mol. The number of sulfonamides is 1. The van der Waals surface area contributed by atoms with Crippen LogP contribution in [0.15, 0.2) is 0 Å². The Bertz CT molecular complexity index is 420. The van der Waals surface area contributed by atoms with Gasteiger partial charge >= 0.3 is 0 Å². The third kappa shape index (κ3) is 4.44. The highest BCUT2D eigenvalue weighted by Crippen LogP contribution is 2.33. The van der Waals surface area contributed by atoms with E-state index >= 15 is 0 Å². The summed E-state index contributed by atoms with van der Waals surface area (Å²) in [6.45, 7) is 3.81. The van der Waals surface area contributed by atoms with Crippen molar-refractivity contribution in [2.75, 3.05) is 6.54 Å². The van der Waals surface area contributed by atoms with E-state index in [-0.39, 0.29) is 13.0 Å². The maximum absolute atomic E-state index is 11.9. The van der Waals surface area contributed by atoms with E-state index in [0.29, 0.717) is 18.8 Å². The molecule has 5 nitrogen and oxygen atoms in total. The molecule has 0 spiro atoms. The van der Waals surface area contributed by atoms with Crippen molar-refractivity contribution in [2.45, 2.75) is 63.2 Å². The molecule has 1 rings (SSSR count). The second kappa shape index (κ2) is 6.69. The Morgan fingerprint density at radius 3 is 2.42 bits per heavy atom. The lowest BCUT2D eigenvalue weighted by Crippen LogP contribution is -2.47. The van der Waals surface area contributed by atoms with Crippen LogP contribution in [0, 0.1) is 17.2 Å². The van der Waals surface area contributed by atoms with E-state index in [1.165, 1.54) is 0 Å². The van der Waals surface area contributed by atoms with E-state index in [4.69, 9.17) is 5.26 Å². The van der Waals surface area contributed by atoms with Crippen LogP contribution in [-0.2, 0) is 10.0 Å². The fourth-order valence-corrected chi connectivity index (χ4v) is 3.76. The zero-order valence-corrected chi connectivity index (χ0v) is 12.5. The van der Waals surface area contributed by atoms with E-state index in [1.807, 2.05) is 0 Å². The second-order valence-electron chi connectivity index (χ2n) is 5.47. The van der Waals surface area contributed by atoms with Crippen molar-refractivity contribution in [2.24, 2.45) is 5.92 Å². The molecule has 0 saturated heterocycles. The van der Waals surface area contributed by atoms with Gasteiger partial charge in [0, 0.05) is 6.54 Å². The second-order valence-corrected chi connectivity index (χ2v) is 7.42. The minimum atomic E-state index is -3.65. The summed E-state index contributed by atoms with van der Waals surface area (Å²) in [5, 5.41) is 18.1. The molecule has 0 aromatic rings. The van der Waals surface area contributed by atoms with E-state index in [0.717, 1.165) is 19.3 Å². The van der Waals surface area contributed by atoms with Crippen LogP contribution in [-0.4, -0.2) is 30.9 Å². The minimum Gasteiger partial charge on any atom is -0.389 e. The number of rotatable bonds is 6. The average molecular weight is 288 g/mol. The molecule has 0 aromatic carbocycles. The molecule has 1 fully saturated rings. The Morgan fingerprint density at radius 2 is 2.00 bits per heavy atom. The number of nitrogens with one attached hydrogen (secondary N) is 1. The number of nitrogens with zero attached hydrogens (tertiary/aromatic N) is 1. The SMILES string of the molecule is CCC1CCC(O)(CNS(=O)(=O)C(C#N)CC)CC1. The van der Waals surface area contributed by atoms with Gasteiger partial charge in [-0.3, -0.25) is 0 Å². The first-order valence-corrected chi connectivity index (χ1v) is 8.52.